The van der Waals surface area contributed by atoms with Gasteiger partial charge in [-0.25, -0.2) is 4.68 Å². The van der Waals surface area contributed by atoms with Gasteiger partial charge >= 0.3 is 0 Å². The van der Waals surface area contributed by atoms with Gasteiger partial charge in [-0.3, -0.25) is 4.79 Å². The van der Waals surface area contributed by atoms with Crippen LogP contribution in [-0.2, 0) is 6.54 Å². The molecule has 0 radical (unpaired) electrons. The van der Waals surface area contributed by atoms with E-state index in [0.29, 0.717) is 17.8 Å². The molecule has 1 aromatic carbocycles. The van der Waals surface area contributed by atoms with Crippen LogP contribution in [0.5, 0.6) is 0 Å². The summed E-state index contributed by atoms with van der Waals surface area (Å²) >= 11 is 0. The molecular formula is C14H13N3O. The Morgan fingerprint density at radius 3 is 2.72 bits per heavy atom. The largest absolute Gasteiger partial charge is 0.268 e. The summed E-state index contributed by atoms with van der Waals surface area (Å²) in [5.41, 5.74) is 2.83. The van der Waals surface area contributed by atoms with Crippen LogP contribution in [0.1, 0.15) is 22.4 Å². The molecule has 0 atom stereocenters. The summed E-state index contributed by atoms with van der Waals surface area (Å²) in [6.45, 7) is 4.15. The van der Waals surface area contributed by atoms with E-state index in [2.05, 4.69) is 5.10 Å². The number of aromatic nitrogens is 2. The van der Waals surface area contributed by atoms with Crippen molar-refractivity contribution >= 4 is 0 Å². The molecule has 1 aromatic heterocycles. The normalized spacial score (nSPS) is 10.1. The fraction of sp³-hybridized carbons (Fsp3) is 0.214. The molecule has 1 heterocycles. The number of hydrogen-bond acceptors (Lipinski definition) is 3. The van der Waals surface area contributed by atoms with Crippen LogP contribution in [0.15, 0.2) is 35.1 Å². The van der Waals surface area contributed by atoms with E-state index in [1.807, 2.05) is 37.3 Å². The summed E-state index contributed by atoms with van der Waals surface area (Å²) in [5, 5.41) is 13.0. The van der Waals surface area contributed by atoms with E-state index in [0.717, 1.165) is 11.1 Å². The first kappa shape index (κ1) is 12.1. The Bertz CT molecular complexity index is 680. The van der Waals surface area contributed by atoms with Crippen LogP contribution in [0.4, 0.5) is 0 Å². The van der Waals surface area contributed by atoms with Gasteiger partial charge < -0.3 is 0 Å². The summed E-state index contributed by atoms with van der Waals surface area (Å²) in [6.07, 6.45) is 0. The predicted molar refractivity (Wildman–Crippen MR) is 68.2 cm³/mol. The smallest absolute Gasteiger partial charge is 0.268 e. The minimum absolute atomic E-state index is 0.250. The van der Waals surface area contributed by atoms with Gasteiger partial charge in [0.25, 0.3) is 5.56 Å². The number of nitriles is 1. The lowest BCUT2D eigenvalue weighted by atomic mass is 10.1. The van der Waals surface area contributed by atoms with E-state index in [1.54, 1.807) is 6.92 Å². The second-order valence-corrected chi connectivity index (χ2v) is 4.18. The van der Waals surface area contributed by atoms with Gasteiger partial charge in [0.2, 0.25) is 0 Å². The van der Waals surface area contributed by atoms with Gasteiger partial charge in [-0.15, -0.1) is 0 Å². The van der Waals surface area contributed by atoms with Crippen molar-refractivity contribution in [3.8, 4) is 6.07 Å². The molecule has 0 aliphatic carbocycles. The monoisotopic (exact) mass is 239 g/mol. The number of aryl methyl sites for hydroxylation is 2. The van der Waals surface area contributed by atoms with E-state index in [-0.39, 0.29) is 5.56 Å². The highest BCUT2D eigenvalue weighted by Gasteiger charge is 2.06. The maximum Gasteiger partial charge on any atom is 0.268 e. The molecule has 90 valence electrons. The molecule has 0 N–H and O–H groups in total. The van der Waals surface area contributed by atoms with Crippen LogP contribution in [0, 0.1) is 25.2 Å². The molecular weight excluding hydrogens is 226 g/mol. The Kier molecular flexibility index (Phi) is 3.24. The topological polar surface area (TPSA) is 58.7 Å². The number of benzene rings is 1. The summed E-state index contributed by atoms with van der Waals surface area (Å²) in [4.78, 5) is 11.8. The molecule has 2 aromatic rings. The maximum atomic E-state index is 11.8. The first-order chi connectivity index (χ1) is 8.61. The van der Waals surface area contributed by atoms with Crippen LogP contribution < -0.4 is 5.56 Å². The van der Waals surface area contributed by atoms with Crippen molar-refractivity contribution in [3.63, 3.8) is 0 Å². The van der Waals surface area contributed by atoms with E-state index in [1.165, 1.54) is 10.7 Å². The van der Waals surface area contributed by atoms with E-state index in [9.17, 15) is 4.79 Å². The Hall–Kier alpha value is -2.41. The van der Waals surface area contributed by atoms with Gasteiger partial charge in [0.05, 0.1) is 17.8 Å². The second kappa shape index (κ2) is 4.84. The average molecular weight is 239 g/mol. The molecule has 2 rings (SSSR count). The van der Waals surface area contributed by atoms with E-state index < -0.39 is 0 Å². The molecule has 0 saturated carbocycles. The van der Waals surface area contributed by atoms with Crippen molar-refractivity contribution < 1.29 is 0 Å². The van der Waals surface area contributed by atoms with Crippen LogP contribution in [0.3, 0.4) is 0 Å². The lowest BCUT2D eigenvalue weighted by Crippen LogP contribution is -2.24. The summed E-state index contributed by atoms with van der Waals surface area (Å²) in [6, 6.07) is 11.2. The number of hydrogen-bond donors (Lipinski definition) is 0. The van der Waals surface area contributed by atoms with Crippen molar-refractivity contribution in [2.45, 2.75) is 20.4 Å². The highest BCUT2D eigenvalue weighted by Crippen LogP contribution is 2.08. The van der Waals surface area contributed by atoms with Gasteiger partial charge in [0, 0.05) is 6.07 Å². The summed E-state index contributed by atoms with van der Waals surface area (Å²) in [5.74, 6) is 0. The lowest BCUT2D eigenvalue weighted by molar-refractivity contribution is 0.625. The fourth-order valence-corrected chi connectivity index (χ4v) is 1.76. The second-order valence-electron chi connectivity index (χ2n) is 4.18. The first-order valence-electron chi connectivity index (χ1n) is 5.65. The third-order valence-corrected chi connectivity index (χ3v) is 2.88. The highest BCUT2D eigenvalue weighted by molar-refractivity contribution is 5.31. The minimum Gasteiger partial charge on any atom is -0.268 e. The highest BCUT2D eigenvalue weighted by atomic mass is 16.1. The minimum atomic E-state index is -0.250. The zero-order valence-corrected chi connectivity index (χ0v) is 10.3. The van der Waals surface area contributed by atoms with Crippen LogP contribution in [0.2, 0.25) is 0 Å². The molecule has 18 heavy (non-hydrogen) atoms. The third-order valence-electron chi connectivity index (χ3n) is 2.88. The van der Waals surface area contributed by atoms with E-state index in [4.69, 9.17) is 5.26 Å². The fourth-order valence-electron chi connectivity index (χ4n) is 1.76. The molecule has 0 aliphatic rings. The average Bonchev–Trinajstić information content (AvgIpc) is 2.36. The van der Waals surface area contributed by atoms with E-state index >= 15 is 0 Å². The molecule has 0 unspecified atom stereocenters. The Morgan fingerprint density at radius 2 is 2.06 bits per heavy atom. The van der Waals surface area contributed by atoms with Gasteiger partial charge in [-0.2, -0.15) is 10.4 Å². The van der Waals surface area contributed by atoms with Gasteiger partial charge in [0.15, 0.2) is 0 Å². The Labute approximate surface area is 105 Å². The SMILES string of the molecule is Cc1ccccc1Cn1nc(C)c(C#N)cc1=O. The molecule has 0 aliphatic heterocycles. The molecule has 0 bridgehead atoms. The zero-order chi connectivity index (χ0) is 13.1. The van der Waals surface area contributed by atoms with Crippen molar-refractivity contribution in [3.05, 3.63) is 63.1 Å². The quantitative estimate of drug-likeness (QED) is 0.802. The molecule has 0 spiro atoms. The number of nitrogens with zero attached hydrogens (tertiary/aromatic N) is 3. The van der Waals surface area contributed by atoms with Crippen molar-refractivity contribution in [1.29, 1.82) is 5.26 Å². The molecule has 4 heteroatoms. The predicted octanol–water partition coefficient (Wildman–Crippen LogP) is 1.78. The zero-order valence-electron chi connectivity index (χ0n) is 10.3. The standard InChI is InChI=1S/C14H13N3O/c1-10-5-3-4-6-12(10)9-17-14(18)7-13(8-15)11(2)16-17/h3-7H,9H2,1-2H3. The Balaban J connectivity index is 2.43. The van der Waals surface area contributed by atoms with Gasteiger partial charge in [0.1, 0.15) is 6.07 Å². The number of rotatable bonds is 2. The molecule has 0 amide bonds. The molecule has 0 fully saturated rings. The molecule has 4 nitrogen and oxygen atoms in total. The van der Waals surface area contributed by atoms with Crippen LogP contribution in [-0.4, -0.2) is 9.78 Å². The van der Waals surface area contributed by atoms with Gasteiger partial charge in [-0.05, 0) is 25.0 Å². The van der Waals surface area contributed by atoms with Gasteiger partial charge in [-0.1, -0.05) is 24.3 Å². The first-order valence-corrected chi connectivity index (χ1v) is 5.65. The maximum absolute atomic E-state index is 11.8. The Morgan fingerprint density at radius 1 is 1.33 bits per heavy atom. The molecule has 0 saturated heterocycles. The van der Waals surface area contributed by atoms with Crippen molar-refractivity contribution in [2.24, 2.45) is 0 Å². The third kappa shape index (κ3) is 2.30. The van der Waals surface area contributed by atoms with Crippen LogP contribution in [0.25, 0.3) is 0 Å². The summed E-state index contributed by atoms with van der Waals surface area (Å²) in [7, 11) is 0. The van der Waals surface area contributed by atoms with Crippen molar-refractivity contribution in [2.75, 3.05) is 0 Å². The lowest BCUT2D eigenvalue weighted by Gasteiger charge is -2.08. The summed E-state index contributed by atoms with van der Waals surface area (Å²) < 4.78 is 1.39. The van der Waals surface area contributed by atoms with Crippen molar-refractivity contribution in [1.82, 2.24) is 9.78 Å². The van der Waals surface area contributed by atoms with Crippen LogP contribution >= 0.6 is 0 Å².